The monoisotopic (exact) mass is 449 g/mol. The van der Waals surface area contributed by atoms with Gasteiger partial charge in [-0.05, 0) is 42.9 Å². The van der Waals surface area contributed by atoms with Crippen molar-refractivity contribution in [2.24, 2.45) is 11.8 Å². The molecule has 1 radical (unpaired) electrons. The first kappa shape index (κ1) is 22.8. The van der Waals surface area contributed by atoms with Gasteiger partial charge in [0.1, 0.15) is 37.3 Å². The van der Waals surface area contributed by atoms with Gasteiger partial charge in [-0.25, -0.2) is 9.97 Å². The highest BCUT2D eigenvalue weighted by Crippen LogP contribution is 2.33. The molecule has 2 fully saturated rings. The molecule has 0 bridgehead atoms. The topological polar surface area (TPSA) is 72.8 Å². The van der Waals surface area contributed by atoms with E-state index >= 15 is 0 Å². The van der Waals surface area contributed by atoms with Crippen LogP contribution in [0.25, 0.3) is 10.9 Å². The molecule has 1 amide bonds. The zero-order chi connectivity index (χ0) is 22.9. The standard InChI is InChI=1S/C23H30F3N5O/c1-14(2)15-3-6-18(7-4-15)31-11-17(12-31)30-21(32)10-27-22-19-9-16(23(24,25)26)5-8-20(19)28-13-29-22/h5,8-9,13-15,17-18H,3-4,6-7,10-12H2,1-2H3,(H,30,32)(H,27,28,29)/q+1. The predicted molar refractivity (Wildman–Crippen MR) is 117 cm³/mol. The minimum absolute atomic E-state index is 0.0572. The summed E-state index contributed by atoms with van der Waals surface area (Å²) in [5, 5.41) is 6.10. The highest BCUT2D eigenvalue weighted by atomic mass is 19.4. The van der Waals surface area contributed by atoms with E-state index in [2.05, 4.69) is 39.3 Å². The van der Waals surface area contributed by atoms with Crippen LogP contribution in [0.5, 0.6) is 0 Å². The second-order valence-electron chi connectivity index (χ2n) is 9.34. The van der Waals surface area contributed by atoms with Gasteiger partial charge in [-0.1, -0.05) is 13.8 Å². The number of hydrogen-bond donors (Lipinski definition) is 2. The third-order valence-corrected chi connectivity index (χ3v) is 6.85. The van der Waals surface area contributed by atoms with Gasteiger partial charge < -0.3 is 10.6 Å². The van der Waals surface area contributed by atoms with Crippen LogP contribution in [0.15, 0.2) is 24.5 Å². The first-order chi connectivity index (χ1) is 15.2. The number of carbonyl (C=O) groups excluding carboxylic acids is 1. The predicted octanol–water partition coefficient (Wildman–Crippen LogP) is 3.91. The highest BCUT2D eigenvalue weighted by molar-refractivity contribution is 5.91. The fourth-order valence-electron chi connectivity index (χ4n) is 4.85. The van der Waals surface area contributed by atoms with E-state index in [9.17, 15) is 18.0 Å². The molecule has 1 saturated heterocycles. The number of aromatic nitrogens is 2. The lowest BCUT2D eigenvalue weighted by molar-refractivity contribution is -0.137. The van der Waals surface area contributed by atoms with Gasteiger partial charge in [0.05, 0.1) is 17.6 Å². The molecule has 173 valence electrons. The summed E-state index contributed by atoms with van der Waals surface area (Å²) in [5.41, 5.74) is -0.387. The second kappa shape index (κ2) is 9.21. The van der Waals surface area contributed by atoms with E-state index in [0.29, 0.717) is 11.6 Å². The number of rotatable bonds is 6. The quantitative estimate of drug-likeness (QED) is 0.656. The van der Waals surface area contributed by atoms with Gasteiger partial charge in [0.15, 0.2) is 0 Å². The molecule has 6 nitrogen and oxygen atoms in total. The van der Waals surface area contributed by atoms with Crippen LogP contribution in [0.1, 0.15) is 45.1 Å². The van der Waals surface area contributed by atoms with Gasteiger partial charge in [-0.15, -0.1) is 0 Å². The van der Waals surface area contributed by atoms with Crippen molar-refractivity contribution in [1.29, 1.82) is 0 Å². The molecular weight excluding hydrogens is 419 g/mol. The summed E-state index contributed by atoms with van der Waals surface area (Å²) in [7, 11) is 0. The number of likely N-dealkylation sites (tertiary alicyclic amines) is 1. The zero-order valence-electron chi connectivity index (χ0n) is 18.5. The first-order valence-corrected chi connectivity index (χ1v) is 11.3. The number of alkyl halides is 3. The van der Waals surface area contributed by atoms with Crippen LogP contribution < -0.4 is 15.5 Å². The van der Waals surface area contributed by atoms with Crippen LogP contribution in [0, 0.1) is 11.8 Å². The van der Waals surface area contributed by atoms with Gasteiger partial charge in [-0.2, -0.15) is 18.1 Å². The average Bonchev–Trinajstić information content (AvgIpc) is 2.73. The number of amides is 1. The molecule has 2 N–H and O–H groups in total. The molecule has 4 rings (SSSR count). The minimum Gasteiger partial charge on any atom is -0.360 e. The maximum Gasteiger partial charge on any atom is 0.416 e. The second-order valence-corrected chi connectivity index (χ2v) is 9.34. The van der Waals surface area contributed by atoms with Gasteiger partial charge in [0.25, 0.3) is 0 Å². The SMILES string of the molecule is CC(C)C1CCC([N+]2CC(NC(=O)CNc3ncnc4ccc(C(F)(F)F)cc34)C2)CC1. The Labute approximate surface area is 186 Å². The summed E-state index contributed by atoms with van der Waals surface area (Å²) in [6.07, 6.45) is 1.83. The number of halogens is 3. The van der Waals surface area contributed by atoms with Crippen LogP contribution in [0.2, 0.25) is 0 Å². The lowest BCUT2D eigenvalue weighted by Gasteiger charge is -2.38. The third kappa shape index (κ3) is 5.14. The number of hydrogen-bond acceptors (Lipinski definition) is 5. The summed E-state index contributed by atoms with van der Waals surface area (Å²) in [4.78, 5) is 22.9. The molecule has 2 heterocycles. The molecule has 1 aliphatic carbocycles. The van der Waals surface area contributed by atoms with Crippen molar-refractivity contribution in [3.63, 3.8) is 0 Å². The maximum absolute atomic E-state index is 13.0. The van der Waals surface area contributed by atoms with E-state index in [-0.39, 0.29) is 29.7 Å². The van der Waals surface area contributed by atoms with Crippen LogP contribution in [0.4, 0.5) is 19.0 Å². The minimum atomic E-state index is -4.46. The number of carbonyl (C=O) groups is 1. The smallest absolute Gasteiger partial charge is 0.360 e. The Morgan fingerprint density at radius 2 is 1.88 bits per heavy atom. The number of fused-ring (bicyclic) bond motifs is 1. The number of benzene rings is 1. The van der Waals surface area contributed by atoms with Gasteiger partial charge in [0.2, 0.25) is 5.91 Å². The van der Waals surface area contributed by atoms with E-state index in [0.717, 1.165) is 37.1 Å². The summed E-state index contributed by atoms with van der Waals surface area (Å²) < 4.78 is 39.1. The van der Waals surface area contributed by atoms with Crippen LogP contribution in [-0.4, -0.2) is 47.6 Å². The lowest BCUT2D eigenvalue weighted by atomic mass is 9.78. The summed E-state index contributed by atoms with van der Waals surface area (Å²) >= 11 is 0. The number of nitrogens with zero attached hydrogens (tertiary/aromatic N) is 3. The van der Waals surface area contributed by atoms with Crippen molar-refractivity contribution in [3.05, 3.63) is 30.1 Å². The molecule has 2 aromatic rings. The van der Waals surface area contributed by atoms with E-state index < -0.39 is 11.7 Å². The zero-order valence-corrected chi connectivity index (χ0v) is 18.5. The molecule has 0 atom stereocenters. The van der Waals surface area contributed by atoms with Crippen molar-refractivity contribution < 1.29 is 18.0 Å². The Hall–Kier alpha value is -2.42. The molecule has 32 heavy (non-hydrogen) atoms. The normalized spacial score (nSPS) is 22.7. The fraction of sp³-hybridized carbons (Fsp3) is 0.609. The van der Waals surface area contributed by atoms with Crippen molar-refractivity contribution in [1.82, 2.24) is 20.2 Å². The Balaban J connectivity index is 1.26. The van der Waals surface area contributed by atoms with Crippen molar-refractivity contribution in [2.45, 2.75) is 57.8 Å². The van der Waals surface area contributed by atoms with Gasteiger partial charge in [-0.3, -0.25) is 4.79 Å². The fourth-order valence-corrected chi connectivity index (χ4v) is 4.85. The molecular formula is C23H30F3N5O+. The third-order valence-electron chi connectivity index (χ3n) is 6.85. The van der Waals surface area contributed by atoms with E-state index in [1.54, 1.807) is 0 Å². The molecule has 1 aromatic carbocycles. The molecule has 0 unspecified atom stereocenters. The first-order valence-electron chi connectivity index (χ1n) is 11.3. The van der Waals surface area contributed by atoms with Crippen LogP contribution in [-0.2, 0) is 11.0 Å². The molecule has 1 aliphatic heterocycles. The molecule has 2 aliphatic rings. The Bertz CT molecular complexity index is 950. The van der Waals surface area contributed by atoms with E-state index in [1.165, 1.54) is 38.1 Å². The van der Waals surface area contributed by atoms with Crippen molar-refractivity contribution in [2.75, 3.05) is 25.0 Å². The van der Waals surface area contributed by atoms with Crippen molar-refractivity contribution in [3.8, 4) is 0 Å². The van der Waals surface area contributed by atoms with Crippen LogP contribution in [0.3, 0.4) is 0 Å². The highest BCUT2D eigenvalue weighted by Gasteiger charge is 2.44. The Morgan fingerprint density at radius 3 is 2.53 bits per heavy atom. The summed E-state index contributed by atoms with van der Waals surface area (Å²) in [6, 6.07) is 4.04. The van der Waals surface area contributed by atoms with E-state index in [4.69, 9.17) is 0 Å². The number of anilines is 1. The number of nitrogens with one attached hydrogen (secondary N) is 2. The molecule has 0 spiro atoms. The molecule has 1 aromatic heterocycles. The van der Waals surface area contributed by atoms with Crippen LogP contribution >= 0.6 is 0 Å². The molecule has 9 heteroatoms. The molecule has 1 saturated carbocycles. The van der Waals surface area contributed by atoms with Gasteiger partial charge >= 0.3 is 6.18 Å². The lowest BCUT2D eigenvalue weighted by Crippen LogP contribution is -2.66. The summed E-state index contributed by atoms with van der Waals surface area (Å²) in [6.45, 7) is 6.25. The largest absolute Gasteiger partial charge is 0.416 e. The average molecular weight is 450 g/mol. The summed E-state index contributed by atoms with van der Waals surface area (Å²) in [5.74, 6) is 1.60. The van der Waals surface area contributed by atoms with Gasteiger partial charge in [0, 0.05) is 18.2 Å². The maximum atomic E-state index is 13.0. The van der Waals surface area contributed by atoms with Crippen molar-refractivity contribution >= 4 is 22.6 Å². The Kier molecular flexibility index (Phi) is 6.55. The Morgan fingerprint density at radius 1 is 1.16 bits per heavy atom. The van der Waals surface area contributed by atoms with E-state index in [1.807, 2.05) is 0 Å².